The summed E-state index contributed by atoms with van der Waals surface area (Å²) in [5.41, 5.74) is 5.86. The number of sulfone groups is 1. The number of carbonyl (C=O) groups excluding carboxylic acids is 1. The third-order valence-electron chi connectivity index (χ3n) is 5.24. The van der Waals surface area contributed by atoms with Gasteiger partial charge in [-0.15, -0.1) is 10.2 Å². The molecule has 0 aliphatic carbocycles. The van der Waals surface area contributed by atoms with E-state index in [-0.39, 0.29) is 34.5 Å². The zero-order chi connectivity index (χ0) is 24.1. The van der Waals surface area contributed by atoms with Crippen molar-refractivity contribution in [2.45, 2.75) is 43.7 Å². The van der Waals surface area contributed by atoms with Crippen molar-refractivity contribution in [3.63, 3.8) is 0 Å². The summed E-state index contributed by atoms with van der Waals surface area (Å²) in [5, 5.41) is 8.28. The molecule has 1 amide bonds. The van der Waals surface area contributed by atoms with Gasteiger partial charge in [-0.25, -0.2) is 12.8 Å². The molecule has 0 saturated heterocycles. The highest BCUT2D eigenvalue weighted by Gasteiger charge is 2.38. The predicted octanol–water partition coefficient (Wildman–Crippen LogP) is 3.47. The molecule has 33 heavy (non-hydrogen) atoms. The SMILES string of the molecule is CC(C)(C)c1nnc(-c2cc3c(cc2F)S(=O)(=O)C[C@H](N)C(=O)N3Cc2ccccc2Cl)o1. The molecule has 2 N–H and O–H groups in total. The Hall–Kier alpha value is -2.82. The summed E-state index contributed by atoms with van der Waals surface area (Å²) in [7, 11) is -4.06. The summed E-state index contributed by atoms with van der Waals surface area (Å²) in [5.74, 6) is -2.00. The number of hydrogen-bond donors (Lipinski definition) is 1. The molecule has 2 aromatic carbocycles. The molecule has 0 radical (unpaired) electrons. The lowest BCUT2D eigenvalue weighted by atomic mass is 9.97. The van der Waals surface area contributed by atoms with Crippen LogP contribution in [0.4, 0.5) is 10.1 Å². The van der Waals surface area contributed by atoms with E-state index in [4.69, 9.17) is 21.8 Å². The van der Waals surface area contributed by atoms with Crippen LogP contribution in [0.3, 0.4) is 0 Å². The number of aromatic nitrogens is 2. The minimum absolute atomic E-state index is 0.0280. The van der Waals surface area contributed by atoms with Crippen molar-refractivity contribution in [3.8, 4) is 11.5 Å². The molecular weight excluding hydrogens is 471 g/mol. The number of anilines is 1. The minimum Gasteiger partial charge on any atom is -0.420 e. The Labute approximate surface area is 195 Å². The average molecular weight is 493 g/mol. The van der Waals surface area contributed by atoms with E-state index in [1.54, 1.807) is 24.3 Å². The molecule has 0 unspecified atom stereocenters. The normalized spacial score (nSPS) is 18.2. The molecule has 11 heteroatoms. The molecule has 2 heterocycles. The van der Waals surface area contributed by atoms with E-state index in [1.807, 2.05) is 20.8 Å². The van der Waals surface area contributed by atoms with E-state index in [1.165, 1.54) is 11.0 Å². The topological polar surface area (TPSA) is 119 Å². The number of nitrogens with zero attached hydrogens (tertiary/aromatic N) is 3. The van der Waals surface area contributed by atoms with E-state index >= 15 is 4.39 Å². The maximum atomic E-state index is 15.1. The van der Waals surface area contributed by atoms with Crippen LogP contribution in [0.15, 0.2) is 45.7 Å². The fourth-order valence-corrected chi connectivity index (χ4v) is 5.24. The maximum Gasteiger partial charge on any atom is 0.250 e. The summed E-state index contributed by atoms with van der Waals surface area (Å²) >= 11 is 6.27. The number of hydrogen-bond acceptors (Lipinski definition) is 7. The second kappa shape index (κ2) is 8.19. The highest BCUT2D eigenvalue weighted by atomic mass is 35.5. The first kappa shape index (κ1) is 23.3. The van der Waals surface area contributed by atoms with Crippen LogP contribution in [0.25, 0.3) is 11.5 Å². The van der Waals surface area contributed by atoms with Gasteiger partial charge in [0.25, 0.3) is 5.89 Å². The molecule has 0 spiro atoms. The lowest BCUT2D eigenvalue weighted by Gasteiger charge is -2.25. The van der Waals surface area contributed by atoms with Gasteiger partial charge in [0.1, 0.15) is 5.82 Å². The molecule has 3 aromatic rings. The van der Waals surface area contributed by atoms with Gasteiger partial charge in [-0.2, -0.15) is 0 Å². The number of halogens is 2. The molecule has 0 saturated carbocycles. The van der Waals surface area contributed by atoms with Gasteiger partial charge in [-0.3, -0.25) is 4.79 Å². The Morgan fingerprint density at radius 1 is 1.24 bits per heavy atom. The van der Waals surface area contributed by atoms with Crippen molar-refractivity contribution in [1.82, 2.24) is 10.2 Å². The summed E-state index contributed by atoms with van der Waals surface area (Å²) in [6.07, 6.45) is 0. The highest BCUT2D eigenvalue weighted by Crippen LogP contribution is 2.38. The van der Waals surface area contributed by atoms with Crippen LogP contribution in [-0.4, -0.2) is 36.3 Å². The highest BCUT2D eigenvalue weighted by molar-refractivity contribution is 7.91. The van der Waals surface area contributed by atoms with Gasteiger partial charge in [0.2, 0.25) is 11.8 Å². The lowest BCUT2D eigenvalue weighted by Crippen LogP contribution is -2.45. The predicted molar refractivity (Wildman–Crippen MR) is 121 cm³/mol. The van der Waals surface area contributed by atoms with Crippen LogP contribution < -0.4 is 10.6 Å². The molecule has 0 fully saturated rings. The van der Waals surface area contributed by atoms with E-state index in [0.717, 1.165) is 6.07 Å². The van der Waals surface area contributed by atoms with Crippen LogP contribution in [-0.2, 0) is 26.6 Å². The van der Waals surface area contributed by atoms with Gasteiger partial charge in [0.05, 0.1) is 34.5 Å². The summed E-state index contributed by atoms with van der Waals surface area (Å²) in [4.78, 5) is 14.0. The van der Waals surface area contributed by atoms with Gasteiger partial charge in [-0.05, 0) is 23.8 Å². The van der Waals surface area contributed by atoms with Crippen molar-refractivity contribution < 1.29 is 22.0 Å². The fourth-order valence-electron chi connectivity index (χ4n) is 3.48. The van der Waals surface area contributed by atoms with Gasteiger partial charge in [0.15, 0.2) is 9.84 Å². The molecule has 1 aliphatic rings. The van der Waals surface area contributed by atoms with E-state index in [9.17, 15) is 13.2 Å². The van der Waals surface area contributed by atoms with Crippen LogP contribution >= 0.6 is 11.6 Å². The summed E-state index contributed by atoms with van der Waals surface area (Å²) < 4.78 is 46.7. The largest absolute Gasteiger partial charge is 0.420 e. The summed E-state index contributed by atoms with van der Waals surface area (Å²) in [6.45, 7) is 5.51. The molecular formula is C22H22ClFN4O4S. The van der Waals surface area contributed by atoms with E-state index in [2.05, 4.69) is 10.2 Å². The Balaban J connectivity index is 1.92. The average Bonchev–Trinajstić information content (AvgIpc) is 3.21. The van der Waals surface area contributed by atoms with Crippen LogP contribution in [0.1, 0.15) is 32.2 Å². The first-order valence-corrected chi connectivity index (χ1v) is 12.1. The summed E-state index contributed by atoms with van der Waals surface area (Å²) in [6, 6.07) is 7.60. The van der Waals surface area contributed by atoms with Crippen molar-refractivity contribution in [3.05, 3.63) is 58.7 Å². The Kier molecular flexibility index (Phi) is 5.80. The number of nitrogens with two attached hydrogens (primary N) is 1. The molecule has 0 bridgehead atoms. The zero-order valence-electron chi connectivity index (χ0n) is 18.2. The fraction of sp³-hybridized carbons (Fsp3) is 0.318. The Bertz CT molecular complexity index is 1350. The first-order chi connectivity index (χ1) is 15.4. The Morgan fingerprint density at radius 2 is 1.94 bits per heavy atom. The minimum atomic E-state index is -4.06. The quantitative estimate of drug-likeness (QED) is 0.594. The zero-order valence-corrected chi connectivity index (χ0v) is 19.7. The van der Waals surface area contributed by atoms with Crippen molar-refractivity contribution >= 4 is 33.0 Å². The monoisotopic (exact) mass is 492 g/mol. The second-order valence-corrected chi connectivity index (χ2v) is 11.3. The van der Waals surface area contributed by atoms with Gasteiger partial charge >= 0.3 is 0 Å². The van der Waals surface area contributed by atoms with Crippen LogP contribution in [0, 0.1) is 5.82 Å². The molecule has 8 nitrogen and oxygen atoms in total. The van der Waals surface area contributed by atoms with Crippen molar-refractivity contribution in [2.24, 2.45) is 5.73 Å². The molecule has 174 valence electrons. The maximum absolute atomic E-state index is 15.1. The number of benzene rings is 2. The van der Waals surface area contributed by atoms with Gasteiger partial charge < -0.3 is 15.1 Å². The lowest BCUT2D eigenvalue weighted by molar-refractivity contribution is -0.119. The third kappa shape index (κ3) is 4.38. The molecule has 4 rings (SSSR count). The standard InChI is InChI=1S/C22H22ClFN4O4S/c1-22(2,3)21-27-26-19(32-21)13-8-17-18(9-15(13)24)33(30,31)11-16(25)20(29)28(17)10-12-6-4-5-7-14(12)23/h4-9,16H,10-11,25H2,1-3H3/t16-/m0/s1. The third-order valence-corrected chi connectivity index (χ3v) is 7.40. The van der Waals surface area contributed by atoms with Crippen molar-refractivity contribution in [2.75, 3.05) is 10.7 Å². The van der Waals surface area contributed by atoms with Gasteiger partial charge in [0, 0.05) is 10.4 Å². The number of rotatable bonds is 3. The molecule has 1 aliphatic heterocycles. The van der Waals surface area contributed by atoms with E-state index in [0.29, 0.717) is 10.6 Å². The van der Waals surface area contributed by atoms with E-state index < -0.39 is 38.8 Å². The molecule has 1 aromatic heterocycles. The number of amides is 1. The molecule has 1 atom stereocenters. The second-order valence-electron chi connectivity index (χ2n) is 8.87. The smallest absolute Gasteiger partial charge is 0.250 e. The Morgan fingerprint density at radius 3 is 2.58 bits per heavy atom. The van der Waals surface area contributed by atoms with Crippen LogP contribution in [0.2, 0.25) is 5.02 Å². The number of fused-ring (bicyclic) bond motifs is 1. The first-order valence-electron chi connectivity index (χ1n) is 10.1. The van der Waals surface area contributed by atoms with Crippen molar-refractivity contribution in [1.29, 1.82) is 0 Å². The number of carbonyl (C=O) groups is 1. The van der Waals surface area contributed by atoms with Crippen LogP contribution in [0.5, 0.6) is 0 Å². The van der Waals surface area contributed by atoms with Gasteiger partial charge in [-0.1, -0.05) is 50.6 Å².